The van der Waals surface area contributed by atoms with Gasteiger partial charge in [-0.1, -0.05) is 54.6 Å². The summed E-state index contributed by atoms with van der Waals surface area (Å²) in [4.78, 5) is 50.9. The average molecular weight is 510 g/mol. The van der Waals surface area contributed by atoms with Gasteiger partial charge in [-0.2, -0.15) is 0 Å². The highest BCUT2D eigenvalue weighted by atomic mass is 16.6. The van der Waals surface area contributed by atoms with Crippen molar-refractivity contribution in [3.05, 3.63) is 65.7 Å². The van der Waals surface area contributed by atoms with Gasteiger partial charge in [-0.25, -0.2) is 9.59 Å². The van der Waals surface area contributed by atoms with Crippen LogP contribution in [0.1, 0.15) is 31.9 Å². The van der Waals surface area contributed by atoms with Crippen molar-refractivity contribution in [1.82, 2.24) is 10.2 Å². The number of carbonyl (C=O) groups excluding carboxylic acids is 4. The zero-order valence-electron chi connectivity index (χ0n) is 21.4. The molecular weight excluding hydrogens is 479 g/mol. The normalized spacial score (nSPS) is 15.5. The Balaban J connectivity index is 1.70. The Labute approximate surface area is 216 Å². The van der Waals surface area contributed by atoms with Gasteiger partial charge in [0.05, 0.1) is 13.1 Å². The van der Waals surface area contributed by atoms with E-state index in [2.05, 4.69) is 5.32 Å². The monoisotopic (exact) mass is 510 g/mol. The first-order valence-corrected chi connectivity index (χ1v) is 11.8. The second-order valence-electron chi connectivity index (χ2n) is 9.72. The molecule has 0 aromatic heterocycles. The van der Waals surface area contributed by atoms with Crippen LogP contribution in [-0.4, -0.2) is 67.8 Å². The molecule has 3 rings (SSSR count). The smallest absolute Gasteiger partial charge is 0.494 e. The van der Waals surface area contributed by atoms with Gasteiger partial charge >= 0.3 is 31.1 Å². The Kier molecular flexibility index (Phi) is 9.29. The van der Waals surface area contributed by atoms with Gasteiger partial charge in [0.25, 0.3) is 0 Å². The minimum atomic E-state index is -1.17. The highest BCUT2D eigenvalue weighted by Crippen LogP contribution is 2.11. The molecule has 1 heterocycles. The Morgan fingerprint density at radius 3 is 2.14 bits per heavy atom. The van der Waals surface area contributed by atoms with Crippen LogP contribution in [0.2, 0.25) is 0 Å². The van der Waals surface area contributed by atoms with Crippen LogP contribution < -0.4 is 10.8 Å². The molecule has 11 heteroatoms. The summed E-state index contributed by atoms with van der Waals surface area (Å²) in [5.41, 5.74) is 1.21. The molecule has 37 heavy (non-hydrogen) atoms. The van der Waals surface area contributed by atoms with Crippen molar-refractivity contribution < 1.29 is 38.0 Å². The van der Waals surface area contributed by atoms with Gasteiger partial charge in [-0.05, 0) is 38.9 Å². The number of hydrogen-bond acceptors (Lipinski definition) is 9. The number of nitrogens with zero attached hydrogens (tertiary/aromatic N) is 1. The number of rotatable bonds is 7. The number of esters is 1. The molecule has 196 valence electrons. The molecule has 1 aliphatic rings. The highest BCUT2D eigenvalue weighted by Gasteiger charge is 2.34. The molecule has 0 bridgehead atoms. The summed E-state index contributed by atoms with van der Waals surface area (Å²) >= 11 is 0. The van der Waals surface area contributed by atoms with Crippen LogP contribution in [0.4, 0.5) is 4.79 Å². The first-order valence-electron chi connectivity index (χ1n) is 11.8. The Morgan fingerprint density at radius 1 is 0.973 bits per heavy atom. The van der Waals surface area contributed by atoms with E-state index in [9.17, 15) is 19.2 Å². The molecule has 10 nitrogen and oxygen atoms in total. The lowest BCUT2D eigenvalue weighted by molar-refractivity contribution is -0.148. The second kappa shape index (κ2) is 12.4. The summed E-state index contributed by atoms with van der Waals surface area (Å²) in [7, 11) is 0.443. The average Bonchev–Trinajstić information content (AvgIpc) is 2.80. The van der Waals surface area contributed by atoms with Crippen LogP contribution in [0.5, 0.6) is 0 Å². The number of nitrogens with one attached hydrogen (secondary N) is 1. The molecule has 1 atom stereocenters. The maximum absolute atomic E-state index is 12.9. The number of amides is 1. The van der Waals surface area contributed by atoms with E-state index in [1.54, 1.807) is 52.1 Å². The summed E-state index contributed by atoms with van der Waals surface area (Å²) in [5, 5.41) is 2.59. The van der Waals surface area contributed by atoms with Gasteiger partial charge in [0.15, 0.2) is 0 Å². The van der Waals surface area contributed by atoms with E-state index in [1.807, 2.05) is 30.3 Å². The van der Waals surface area contributed by atoms with E-state index in [0.717, 1.165) is 5.56 Å². The lowest BCUT2D eigenvalue weighted by atomic mass is 9.78. The van der Waals surface area contributed by atoms with E-state index >= 15 is 0 Å². The van der Waals surface area contributed by atoms with Crippen LogP contribution >= 0.6 is 0 Å². The van der Waals surface area contributed by atoms with E-state index in [4.69, 9.17) is 18.8 Å². The maximum atomic E-state index is 12.9. The number of benzene rings is 2. The fourth-order valence-corrected chi connectivity index (χ4v) is 3.49. The molecule has 0 aliphatic carbocycles. The minimum absolute atomic E-state index is 0.0349. The molecule has 1 fully saturated rings. The SMILES string of the molecule is CN1CC(=O)OB(c2ccc(C[C@@H](NC(=O)OC(C)(C)C)C(=O)OCc3ccccc3)cc2)OC(=O)C1. The molecule has 0 radical (unpaired) electrons. The number of ether oxygens (including phenoxy) is 2. The third-order valence-electron chi connectivity index (χ3n) is 5.17. The summed E-state index contributed by atoms with van der Waals surface area (Å²) in [5.74, 6) is -1.66. The Bertz CT molecular complexity index is 1080. The van der Waals surface area contributed by atoms with Crippen molar-refractivity contribution >= 4 is 36.6 Å². The Morgan fingerprint density at radius 2 is 1.57 bits per heavy atom. The quantitative estimate of drug-likeness (QED) is 0.437. The van der Waals surface area contributed by atoms with Crippen LogP contribution in [-0.2, 0) is 46.2 Å². The summed E-state index contributed by atoms with van der Waals surface area (Å²) in [6.45, 7) is 5.15. The van der Waals surface area contributed by atoms with Gasteiger partial charge in [0.2, 0.25) is 0 Å². The van der Waals surface area contributed by atoms with Gasteiger partial charge in [-0.15, -0.1) is 0 Å². The zero-order valence-corrected chi connectivity index (χ0v) is 21.4. The van der Waals surface area contributed by atoms with E-state index in [1.165, 1.54) is 4.90 Å². The van der Waals surface area contributed by atoms with Crippen molar-refractivity contribution in [2.45, 2.75) is 45.4 Å². The molecule has 1 saturated heterocycles. The molecule has 0 spiro atoms. The summed E-state index contributed by atoms with van der Waals surface area (Å²) in [6.07, 6.45) is -0.633. The minimum Gasteiger partial charge on any atom is -0.494 e. The molecule has 1 N–H and O–H groups in total. The molecule has 0 saturated carbocycles. The van der Waals surface area contributed by atoms with Gasteiger partial charge in [0.1, 0.15) is 18.2 Å². The zero-order chi connectivity index (χ0) is 27.0. The van der Waals surface area contributed by atoms with Crippen molar-refractivity contribution in [3.63, 3.8) is 0 Å². The summed E-state index contributed by atoms with van der Waals surface area (Å²) < 4.78 is 21.3. The lowest BCUT2D eigenvalue weighted by Crippen LogP contribution is -2.48. The van der Waals surface area contributed by atoms with E-state index < -0.39 is 42.8 Å². The maximum Gasteiger partial charge on any atom is 0.636 e. The van der Waals surface area contributed by atoms with Gasteiger partial charge in [-0.3, -0.25) is 14.5 Å². The van der Waals surface area contributed by atoms with Crippen molar-refractivity contribution in [2.24, 2.45) is 0 Å². The number of alkyl carbamates (subject to hydrolysis) is 1. The molecule has 1 aliphatic heterocycles. The third-order valence-corrected chi connectivity index (χ3v) is 5.17. The highest BCUT2D eigenvalue weighted by molar-refractivity contribution is 6.64. The van der Waals surface area contributed by atoms with Crippen LogP contribution in [0.15, 0.2) is 54.6 Å². The fourth-order valence-electron chi connectivity index (χ4n) is 3.49. The van der Waals surface area contributed by atoms with Crippen LogP contribution in [0, 0.1) is 0 Å². The first kappa shape index (κ1) is 27.7. The van der Waals surface area contributed by atoms with Gasteiger partial charge < -0.3 is 24.1 Å². The number of carbonyl (C=O) groups is 4. The molecule has 0 unspecified atom stereocenters. The van der Waals surface area contributed by atoms with Crippen LogP contribution in [0.25, 0.3) is 0 Å². The summed E-state index contributed by atoms with van der Waals surface area (Å²) in [6, 6.07) is 14.8. The first-order chi connectivity index (χ1) is 17.5. The topological polar surface area (TPSA) is 120 Å². The number of hydrogen-bond donors (Lipinski definition) is 1. The van der Waals surface area contributed by atoms with Crippen LogP contribution in [0.3, 0.4) is 0 Å². The van der Waals surface area contributed by atoms with Crippen molar-refractivity contribution in [2.75, 3.05) is 20.1 Å². The Hall–Kier alpha value is -3.86. The second-order valence-corrected chi connectivity index (χ2v) is 9.72. The van der Waals surface area contributed by atoms with E-state index in [-0.39, 0.29) is 26.1 Å². The lowest BCUT2D eigenvalue weighted by Gasteiger charge is -2.23. The molecule has 2 aromatic carbocycles. The molecule has 1 amide bonds. The number of likely N-dealkylation sites (N-methyl/N-ethyl adjacent to an activating group) is 1. The van der Waals surface area contributed by atoms with Gasteiger partial charge in [0, 0.05) is 11.9 Å². The standard InChI is InChI=1S/C26H31BN2O8/c1-26(2,3)35-25(33)28-21(24(32)34-17-19-8-6-5-7-9-19)14-18-10-12-20(13-11-18)27-36-22(30)15-29(4)16-23(31)37-27/h5-13,21H,14-17H2,1-4H3,(H,28,33)/t21-/m1/s1. The third kappa shape index (κ3) is 9.27. The predicted molar refractivity (Wildman–Crippen MR) is 135 cm³/mol. The van der Waals surface area contributed by atoms with E-state index in [0.29, 0.717) is 11.0 Å². The fraction of sp³-hybridized carbons (Fsp3) is 0.385. The largest absolute Gasteiger partial charge is 0.636 e. The van der Waals surface area contributed by atoms with Crippen molar-refractivity contribution in [1.29, 1.82) is 0 Å². The predicted octanol–water partition coefficient (Wildman–Crippen LogP) is 1.59. The molecule has 2 aromatic rings. The van der Waals surface area contributed by atoms with Crippen molar-refractivity contribution in [3.8, 4) is 0 Å². The molecular formula is C26H31BN2O8.